The first kappa shape index (κ1) is 29.7. The Balaban J connectivity index is 2.05. The lowest BCUT2D eigenvalue weighted by Crippen LogP contribution is -2.59. The Hall–Kier alpha value is -3.48. The zero-order valence-corrected chi connectivity index (χ0v) is 21.2. The second kappa shape index (κ2) is 14.3. The van der Waals surface area contributed by atoms with Crippen LogP contribution in [-0.4, -0.2) is 76.2 Å². The van der Waals surface area contributed by atoms with Crippen LogP contribution in [0.2, 0.25) is 0 Å². The summed E-state index contributed by atoms with van der Waals surface area (Å²) in [5, 5.41) is 27.7. The van der Waals surface area contributed by atoms with Gasteiger partial charge in [0.05, 0.1) is 12.6 Å². The lowest BCUT2D eigenvalue weighted by molar-refractivity contribution is -0.142. The van der Waals surface area contributed by atoms with Gasteiger partial charge in [0, 0.05) is 23.5 Å². The quantitative estimate of drug-likeness (QED) is 0.142. The first-order valence-corrected chi connectivity index (χ1v) is 12.3. The van der Waals surface area contributed by atoms with Gasteiger partial charge < -0.3 is 42.6 Å². The van der Waals surface area contributed by atoms with Gasteiger partial charge in [-0.15, -0.1) is 0 Å². The van der Waals surface area contributed by atoms with Crippen molar-refractivity contribution in [3.8, 4) is 0 Å². The van der Waals surface area contributed by atoms with Gasteiger partial charge in [0.1, 0.15) is 18.1 Å². The van der Waals surface area contributed by atoms with Gasteiger partial charge in [-0.05, 0) is 36.9 Å². The van der Waals surface area contributed by atoms with Crippen molar-refractivity contribution in [2.24, 2.45) is 17.4 Å². The van der Waals surface area contributed by atoms with Gasteiger partial charge in [-0.1, -0.05) is 38.5 Å². The minimum Gasteiger partial charge on any atom is -0.480 e. The number of carboxylic acid groups (broad SMARTS) is 1. The number of benzene rings is 1. The molecule has 4 atom stereocenters. The topological polar surface area (TPSA) is 213 Å². The maximum atomic E-state index is 13.0. The van der Waals surface area contributed by atoms with E-state index in [0.717, 1.165) is 16.5 Å². The number of hydrogen-bond donors (Lipinski definition) is 8. The molecule has 3 amide bonds. The highest BCUT2D eigenvalue weighted by Gasteiger charge is 2.32. The molecule has 1 aromatic carbocycles. The maximum absolute atomic E-state index is 13.0. The number of carboxylic acids is 1. The molecule has 0 saturated carbocycles. The van der Waals surface area contributed by atoms with Crippen LogP contribution in [-0.2, 0) is 25.6 Å². The summed E-state index contributed by atoms with van der Waals surface area (Å²) in [6.07, 6.45) is 3.44. The van der Waals surface area contributed by atoms with Crippen molar-refractivity contribution in [1.29, 1.82) is 0 Å². The zero-order valence-electron chi connectivity index (χ0n) is 21.2. The molecule has 2 rings (SSSR count). The molecule has 0 saturated heterocycles. The van der Waals surface area contributed by atoms with Crippen LogP contribution in [0.4, 0.5) is 0 Å². The average molecular weight is 519 g/mol. The number of H-pyrrole nitrogens is 1. The van der Waals surface area contributed by atoms with E-state index in [9.17, 15) is 29.4 Å². The molecule has 4 unspecified atom stereocenters. The highest BCUT2D eigenvalue weighted by molar-refractivity contribution is 5.94. The Bertz CT molecular complexity index is 1070. The first-order valence-electron chi connectivity index (χ1n) is 12.3. The van der Waals surface area contributed by atoms with Crippen molar-refractivity contribution in [3.05, 3.63) is 36.0 Å². The predicted octanol–water partition coefficient (Wildman–Crippen LogP) is -0.646. The SMILES string of the molecule is CC(C)C(NC(=O)C(CO)NC(=O)C(N)CCCCN)C(=O)NC(Cc1c[nH]c2ccccc12)C(=O)O. The molecule has 0 bridgehead atoms. The fraction of sp³-hybridized carbons (Fsp3) is 0.520. The molecule has 12 nitrogen and oxygen atoms in total. The fourth-order valence-corrected chi connectivity index (χ4v) is 3.88. The van der Waals surface area contributed by atoms with Crippen LogP contribution in [0.1, 0.15) is 38.7 Å². The number of aliphatic hydroxyl groups excluding tert-OH is 1. The summed E-state index contributed by atoms with van der Waals surface area (Å²) in [6.45, 7) is 3.12. The first-order chi connectivity index (χ1) is 17.6. The molecule has 37 heavy (non-hydrogen) atoms. The number of unbranched alkanes of at least 4 members (excludes halogenated alkanes) is 1. The summed E-state index contributed by atoms with van der Waals surface area (Å²) >= 11 is 0. The molecular formula is C25H38N6O6. The van der Waals surface area contributed by atoms with Crippen LogP contribution in [0.25, 0.3) is 10.9 Å². The maximum Gasteiger partial charge on any atom is 0.326 e. The zero-order chi connectivity index (χ0) is 27.5. The second-order valence-corrected chi connectivity index (χ2v) is 9.33. The lowest BCUT2D eigenvalue weighted by atomic mass is 10.0. The number of nitrogens with one attached hydrogen (secondary N) is 4. The van der Waals surface area contributed by atoms with Crippen LogP contribution in [0.3, 0.4) is 0 Å². The van der Waals surface area contributed by atoms with Crippen molar-refractivity contribution < 1.29 is 29.4 Å². The van der Waals surface area contributed by atoms with Crippen molar-refractivity contribution in [2.75, 3.05) is 13.2 Å². The van der Waals surface area contributed by atoms with E-state index in [1.165, 1.54) is 0 Å². The molecule has 0 radical (unpaired) electrons. The molecular weight excluding hydrogens is 480 g/mol. The van der Waals surface area contributed by atoms with Gasteiger partial charge in [-0.2, -0.15) is 0 Å². The van der Waals surface area contributed by atoms with E-state index in [-0.39, 0.29) is 6.42 Å². The van der Waals surface area contributed by atoms with E-state index in [0.29, 0.717) is 25.8 Å². The van der Waals surface area contributed by atoms with E-state index >= 15 is 0 Å². The Morgan fingerprint density at radius 2 is 1.65 bits per heavy atom. The molecule has 10 N–H and O–H groups in total. The Morgan fingerprint density at radius 3 is 2.27 bits per heavy atom. The molecule has 0 spiro atoms. The summed E-state index contributed by atoms with van der Waals surface area (Å²) in [7, 11) is 0. The van der Waals surface area contributed by atoms with Gasteiger partial charge in [-0.25, -0.2) is 4.79 Å². The third kappa shape index (κ3) is 8.55. The third-order valence-corrected chi connectivity index (χ3v) is 6.08. The summed E-state index contributed by atoms with van der Waals surface area (Å²) in [4.78, 5) is 53.2. The Morgan fingerprint density at radius 1 is 0.973 bits per heavy atom. The summed E-state index contributed by atoms with van der Waals surface area (Å²) < 4.78 is 0. The molecule has 204 valence electrons. The van der Waals surface area contributed by atoms with E-state index in [2.05, 4.69) is 20.9 Å². The van der Waals surface area contributed by atoms with Crippen molar-refractivity contribution in [3.63, 3.8) is 0 Å². The largest absolute Gasteiger partial charge is 0.480 e. The smallest absolute Gasteiger partial charge is 0.326 e. The van der Waals surface area contributed by atoms with Crippen LogP contribution < -0.4 is 27.4 Å². The number of amides is 3. The van der Waals surface area contributed by atoms with Crippen LogP contribution in [0, 0.1) is 5.92 Å². The molecule has 1 heterocycles. The molecule has 1 aromatic heterocycles. The summed E-state index contributed by atoms with van der Waals surface area (Å²) in [5.74, 6) is -3.74. The number of aliphatic hydroxyl groups is 1. The fourth-order valence-electron chi connectivity index (χ4n) is 3.88. The van der Waals surface area contributed by atoms with Gasteiger partial charge in [0.15, 0.2) is 0 Å². The van der Waals surface area contributed by atoms with Gasteiger partial charge in [-0.3, -0.25) is 14.4 Å². The van der Waals surface area contributed by atoms with Crippen LogP contribution >= 0.6 is 0 Å². The minimum atomic E-state index is -1.33. The van der Waals surface area contributed by atoms with Crippen molar-refractivity contribution >= 4 is 34.6 Å². The lowest BCUT2D eigenvalue weighted by Gasteiger charge is -2.26. The Kier molecular flexibility index (Phi) is 11.5. The van der Waals surface area contributed by atoms with Crippen LogP contribution in [0.5, 0.6) is 0 Å². The van der Waals surface area contributed by atoms with E-state index in [4.69, 9.17) is 11.5 Å². The Labute approximate surface area is 215 Å². The number of hydrogen-bond acceptors (Lipinski definition) is 7. The van der Waals surface area contributed by atoms with Gasteiger partial charge in [0.2, 0.25) is 17.7 Å². The summed E-state index contributed by atoms with van der Waals surface area (Å²) in [6, 6.07) is 2.84. The number of aromatic nitrogens is 1. The number of carbonyl (C=O) groups excluding carboxylic acids is 3. The highest BCUT2D eigenvalue weighted by atomic mass is 16.4. The average Bonchev–Trinajstić information content (AvgIpc) is 3.27. The highest BCUT2D eigenvalue weighted by Crippen LogP contribution is 2.19. The van der Waals surface area contributed by atoms with Crippen LogP contribution in [0.15, 0.2) is 30.5 Å². The molecule has 0 aliphatic heterocycles. The van der Waals surface area contributed by atoms with Crippen molar-refractivity contribution in [1.82, 2.24) is 20.9 Å². The standard InChI is InChI=1S/C25H38N6O6/c1-14(2)21(31-23(34)20(13-32)30-22(33)17(27)8-5-6-10-26)24(35)29-19(25(36)37)11-15-12-28-18-9-4-3-7-16(15)18/h3-4,7,9,12,14,17,19-21,28,32H,5-6,8,10-11,13,26-27H2,1-2H3,(H,29,35)(H,30,33)(H,31,34)(H,36,37). The van der Waals surface area contributed by atoms with E-state index in [1.807, 2.05) is 24.3 Å². The van der Waals surface area contributed by atoms with Crippen molar-refractivity contribution in [2.45, 2.75) is 63.7 Å². The normalized spacial score (nSPS) is 14.5. The minimum absolute atomic E-state index is 0.0290. The van der Waals surface area contributed by atoms with E-state index in [1.54, 1.807) is 20.0 Å². The monoisotopic (exact) mass is 518 g/mol. The third-order valence-electron chi connectivity index (χ3n) is 6.08. The van der Waals surface area contributed by atoms with E-state index < -0.39 is 60.4 Å². The molecule has 12 heteroatoms. The second-order valence-electron chi connectivity index (χ2n) is 9.33. The summed E-state index contributed by atoms with van der Waals surface area (Å²) in [5.41, 5.74) is 12.8. The number of aromatic amines is 1. The molecule has 2 aromatic rings. The number of aliphatic carboxylic acids is 1. The number of nitrogens with two attached hydrogens (primary N) is 2. The molecule has 0 aliphatic carbocycles. The number of rotatable bonds is 15. The molecule has 0 aliphatic rings. The number of carbonyl (C=O) groups is 4. The van der Waals surface area contributed by atoms with Gasteiger partial charge >= 0.3 is 5.97 Å². The number of fused-ring (bicyclic) bond motifs is 1. The number of para-hydroxylation sites is 1. The van der Waals surface area contributed by atoms with Gasteiger partial charge in [0.25, 0.3) is 0 Å². The predicted molar refractivity (Wildman–Crippen MR) is 138 cm³/mol. The molecule has 0 fully saturated rings.